The van der Waals surface area contributed by atoms with Crippen LogP contribution in [0.3, 0.4) is 0 Å². The summed E-state index contributed by atoms with van der Waals surface area (Å²) in [6.07, 6.45) is 4.60. The highest BCUT2D eigenvalue weighted by Crippen LogP contribution is 2.45. The molecule has 1 amide bonds. The molecule has 178 valence electrons. The fraction of sp³-hybridized carbons (Fsp3) is 0.310. The lowest BCUT2D eigenvalue weighted by atomic mass is 9.95. The van der Waals surface area contributed by atoms with Gasteiger partial charge in [-0.25, -0.2) is 4.79 Å². The van der Waals surface area contributed by atoms with Crippen LogP contribution in [-0.4, -0.2) is 48.9 Å². The van der Waals surface area contributed by atoms with E-state index in [-0.39, 0.29) is 24.1 Å². The number of carbonyl (C=O) groups excluding carboxylic acids is 1. The predicted octanol–water partition coefficient (Wildman–Crippen LogP) is 5.67. The van der Waals surface area contributed by atoms with Gasteiger partial charge < -0.3 is 14.2 Å². The third-order valence-corrected chi connectivity index (χ3v) is 7.53. The smallest absolute Gasteiger partial charge is 0.410 e. The van der Waals surface area contributed by atoms with E-state index in [0.717, 1.165) is 30.4 Å². The van der Waals surface area contributed by atoms with Crippen LogP contribution in [0.5, 0.6) is 11.8 Å². The van der Waals surface area contributed by atoms with Crippen molar-refractivity contribution in [1.29, 1.82) is 0 Å². The molecule has 0 spiro atoms. The highest BCUT2D eigenvalue weighted by Gasteiger charge is 2.41. The van der Waals surface area contributed by atoms with Crippen LogP contribution in [0.2, 0.25) is 0 Å². The highest BCUT2D eigenvalue weighted by molar-refractivity contribution is 5.80. The molecule has 1 aromatic heterocycles. The minimum Gasteiger partial charge on any atom is -0.481 e. The van der Waals surface area contributed by atoms with Gasteiger partial charge in [-0.05, 0) is 53.2 Å². The SMILES string of the molecule is COc1ccc(C2=CC3CCC(C2)N3C(=O)OCC2c3ccccc3-c3ccccc32)c(OC)n1. The molecular formula is C29H28N2O4. The lowest BCUT2D eigenvalue weighted by Gasteiger charge is -2.33. The number of carbonyl (C=O) groups is 1. The van der Waals surface area contributed by atoms with E-state index in [4.69, 9.17) is 14.2 Å². The molecule has 2 aromatic carbocycles. The summed E-state index contributed by atoms with van der Waals surface area (Å²) in [6, 6.07) is 20.8. The van der Waals surface area contributed by atoms with Gasteiger partial charge in [0, 0.05) is 23.6 Å². The molecule has 0 N–H and O–H groups in total. The Labute approximate surface area is 205 Å². The number of nitrogens with zero attached hydrogens (tertiary/aromatic N) is 2. The molecule has 6 nitrogen and oxygen atoms in total. The average molecular weight is 469 g/mol. The molecule has 0 saturated carbocycles. The molecule has 2 aliphatic heterocycles. The Bertz CT molecular complexity index is 1270. The zero-order chi connectivity index (χ0) is 23.9. The minimum absolute atomic E-state index is 0.0196. The first-order valence-electron chi connectivity index (χ1n) is 12.1. The molecule has 6 heteroatoms. The second-order valence-corrected chi connectivity index (χ2v) is 9.32. The molecule has 1 fully saturated rings. The van der Waals surface area contributed by atoms with Crippen molar-refractivity contribution >= 4 is 11.7 Å². The van der Waals surface area contributed by atoms with Crippen molar-refractivity contribution in [3.05, 3.63) is 83.4 Å². The number of aromatic nitrogens is 1. The van der Waals surface area contributed by atoms with Crippen molar-refractivity contribution in [2.75, 3.05) is 20.8 Å². The molecular weight excluding hydrogens is 440 g/mol. The van der Waals surface area contributed by atoms with E-state index in [2.05, 4.69) is 59.6 Å². The summed E-state index contributed by atoms with van der Waals surface area (Å²) < 4.78 is 16.7. The number of amides is 1. The Kier molecular flexibility index (Phi) is 5.44. The fourth-order valence-corrected chi connectivity index (χ4v) is 5.92. The summed E-state index contributed by atoms with van der Waals surface area (Å²) in [4.78, 5) is 19.7. The van der Waals surface area contributed by atoms with Gasteiger partial charge in [0.15, 0.2) is 0 Å². The van der Waals surface area contributed by atoms with Gasteiger partial charge in [0.2, 0.25) is 11.8 Å². The number of benzene rings is 2. The largest absolute Gasteiger partial charge is 0.481 e. The van der Waals surface area contributed by atoms with E-state index in [9.17, 15) is 4.79 Å². The summed E-state index contributed by atoms with van der Waals surface area (Å²) in [6.45, 7) is 0.343. The van der Waals surface area contributed by atoms with Crippen molar-refractivity contribution in [3.63, 3.8) is 0 Å². The maximum absolute atomic E-state index is 13.3. The number of pyridine rings is 1. The number of methoxy groups -OCH3 is 2. The van der Waals surface area contributed by atoms with Gasteiger partial charge in [-0.1, -0.05) is 54.6 Å². The molecule has 3 heterocycles. The monoisotopic (exact) mass is 468 g/mol. The van der Waals surface area contributed by atoms with Crippen LogP contribution in [0.4, 0.5) is 4.79 Å². The number of rotatable bonds is 5. The van der Waals surface area contributed by atoms with Gasteiger partial charge in [0.25, 0.3) is 0 Å². The Morgan fingerprint density at radius 2 is 1.63 bits per heavy atom. The van der Waals surface area contributed by atoms with Gasteiger partial charge in [0.05, 0.1) is 20.3 Å². The van der Waals surface area contributed by atoms with E-state index in [1.54, 1.807) is 14.2 Å². The van der Waals surface area contributed by atoms with Gasteiger partial charge in [-0.2, -0.15) is 4.98 Å². The predicted molar refractivity (Wildman–Crippen MR) is 134 cm³/mol. The van der Waals surface area contributed by atoms with Crippen LogP contribution >= 0.6 is 0 Å². The maximum atomic E-state index is 13.3. The number of fused-ring (bicyclic) bond motifs is 5. The van der Waals surface area contributed by atoms with Crippen LogP contribution in [0.1, 0.15) is 41.9 Å². The Morgan fingerprint density at radius 1 is 0.914 bits per heavy atom. The Balaban J connectivity index is 1.20. The zero-order valence-corrected chi connectivity index (χ0v) is 19.9. The second-order valence-electron chi connectivity index (χ2n) is 9.32. The summed E-state index contributed by atoms with van der Waals surface area (Å²) in [7, 11) is 3.21. The van der Waals surface area contributed by atoms with Crippen molar-refractivity contribution in [1.82, 2.24) is 9.88 Å². The molecule has 35 heavy (non-hydrogen) atoms. The first kappa shape index (κ1) is 21.7. The molecule has 0 radical (unpaired) electrons. The van der Waals surface area contributed by atoms with Gasteiger partial charge in [0.1, 0.15) is 6.61 Å². The maximum Gasteiger partial charge on any atom is 0.410 e. The van der Waals surface area contributed by atoms with Gasteiger partial charge in [-0.15, -0.1) is 0 Å². The highest BCUT2D eigenvalue weighted by atomic mass is 16.6. The Hall–Kier alpha value is -3.80. The number of ether oxygens (including phenoxy) is 3. The Morgan fingerprint density at radius 3 is 2.29 bits per heavy atom. The topological polar surface area (TPSA) is 60.9 Å². The molecule has 2 unspecified atom stereocenters. The molecule has 3 aliphatic rings. The minimum atomic E-state index is -0.227. The lowest BCUT2D eigenvalue weighted by Crippen LogP contribution is -2.43. The van der Waals surface area contributed by atoms with E-state index < -0.39 is 0 Å². The number of hydrogen-bond acceptors (Lipinski definition) is 5. The summed E-state index contributed by atoms with van der Waals surface area (Å²) >= 11 is 0. The molecule has 3 aromatic rings. The van der Waals surface area contributed by atoms with Crippen LogP contribution < -0.4 is 9.47 Å². The lowest BCUT2D eigenvalue weighted by molar-refractivity contribution is 0.0866. The normalized spacial score (nSPS) is 20.2. The van der Waals surface area contributed by atoms with Crippen molar-refractivity contribution in [2.45, 2.75) is 37.3 Å². The van der Waals surface area contributed by atoms with Crippen molar-refractivity contribution in [2.24, 2.45) is 0 Å². The quantitative estimate of drug-likeness (QED) is 0.483. The summed E-state index contributed by atoms with van der Waals surface area (Å²) in [5, 5.41) is 0. The van der Waals surface area contributed by atoms with Crippen LogP contribution in [0, 0.1) is 0 Å². The molecule has 2 atom stereocenters. The first-order valence-corrected chi connectivity index (χ1v) is 12.1. The first-order chi connectivity index (χ1) is 17.2. The fourth-order valence-electron chi connectivity index (χ4n) is 5.92. The van der Waals surface area contributed by atoms with Crippen LogP contribution in [-0.2, 0) is 4.74 Å². The second kappa shape index (κ2) is 8.77. The average Bonchev–Trinajstić information content (AvgIpc) is 3.37. The summed E-state index contributed by atoms with van der Waals surface area (Å²) in [5.74, 6) is 1.13. The zero-order valence-electron chi connectivity index (χ0n) is 19.9. The van der Waals surface area contributed by atoms with E-state index >= 15 is 0 Å². The van der Waals surface area contributed by atoms with Crippen LogP contribution in [0.15, 0.2) is 66.7 Å². The molecule has 1 aliphatic carbocycles. The third-order valence-electron chi connectivity index (χ3n) is 7.53. The van der Waals surface area contributed by atoms with Crippen molar-refractivity contribution in [3.8, 4) is 22.9 Å². The van der Waals surface area contributed by atoms with Crippen LogP contribution in [0.25, 0.3) is 16.7 Å². The van der Waals surface area contributed by atoms with E-state index in [1.807, 2.05) is 17.0 Å². The van der Waals surface area contributed by atoms with E-state index in [0.29, 0.717) is 18.4 Å². The van der Waals surface area contributed by atoms with E-state index in [1.165, 1.54) is 22.3 Å². The standard InChI is InChI=1S/C29H28N2O4/c1-33-27-14-13-21(28(30-27)34-2)18-15-19-11-12-20(16-18)31(19)29(32)35-17-26-24-9-5-3-7-22(24)23-8-4-6-10-25(23)26/h3-10,13-15,19-20,26H,11-12,16-17H2,1-2H3. The van der Waals surface area contributed by atoms with Gasteiger partial charge >= 0.3 is 6.09 Å². The molecule has 1 saturated heterocycles. The van der Waals surface area contributed by atoms with Crippen molar-refractivity contribution < 1.29 is 19.0 Å². The summed E-state index contributed by atoms with van der Waals surface area (Å²) in [5.41, 5.74) is 7.03. The van der Waals surface area contributed by atoms with Gasteiger partial charge in [-0.3, -0.25) is 4.90 Å². The number of hydrogen-bond donors (Lipinski definition) is 0. The third kappa shape index (κ3) is 3.64. The molecule has 2 bridgehead atoms. The molecule has 6 rings (SSSR count).